The Morgan fingerprint density at radius 2 is 2.00 bits per heavy atom. The maximum atomic E-state index is 6.25. The fourth-order valence-electron chi connectivity index (χ4n) is 2.00. The molecule has 0 aliphatic rings. The van der Waals surface area contributed by atoms with Crippen LogP contribution in [0.5, 0.6) is 0 Å². The molecule has 2 nitrogen and oxygen atoms in total. The summed E-state index contributed by atoms with van der Waals surface area (Å²) in [4.78, 5) is 4.41. The van der Waals surface area contributed by atoms with Crippen molar-refractivity contribution >= 4 is 33.4 Å². The minimum atomic E-state index is 0. The van der Waals surface area contributed by atoms with Crippen LogP contribution in [0.2, 0.25) is 5.02 Å². The van der Waals surface area contributed by atoms with Crippen molar-refractivity contribution in [3.05, 3.63) is 47.7 Å². The standard InChI is InChI=1S/C13H10ClN2.HI/c1-16-8-6-10(14)12-11(16)5-4-9-3-2-7-15-13(9)12;/h2-8H,1H3;1H/q+1;/p-1. The predicted molar refractivity (Wildman–Crippen MR) is 65.4 cm³/mol. The second-order valence-corrected chi connectivity index (χ2v) is 4.22. The topological polar surface area (TPSA) is 16.8 Å². The summed E-state index contributed by atoms with van der Waals surface area (Å²) in [5.41, 5.74) is 2.06. The van der Waals surface area contributed by atoms with E-state index >= 15 is 0 Å². The summed E-state index contributed by atoms with van der Waals surface area (Å²) in [6.07, 6.45) is 3.75. The summed E-state index contributed by atoms with van der Waals surface area (Å²) in [5, 5.41) is 2.88. The van der Waals surface area contributed by atoms with Gasteiger partial charge >= 0.3 is 0 Å². The van der Waals surface area contributed by atoms with Crippen molar-refractivity contribution in [1.82, 2.24) is 4.98 Å². The van der Waals surface area contributed by atoms with E-state index in [2.05, 4.69) is 21.7 Å². The van der Waals surface area contributed by atoms with Crippen LogP contribution in [0, 0.1) is 0 Å². The van der Waals surface area contributed by atoms with E-state index in [0.29, 0.717) is 0 Å². The average Bonchev–Trinajstić information content (AvgIpc) is 2.33. The third-order valence-electron chi connectivity index (χ3n) is 2.82. The van der Waals surface area contributed by atoms with Gasteiger partial charge in [0.15, 0.2) is 6.20 Å². The third kappa shape index (κ3) is 1.98. The number of hydrogen-bond donors (Lipinski definition) is 0. The van der Waals surface area contributed by atoms with E-state index in [1.807, 2.05) is 31.4 Å². The second-order valence-electron chi connectivity index (χ2n) is 3.81. The molecule has 0 radical (unpaired) electrons. The van der Waals surface area contributed by atoms with E-state index in [0.717, 1.165) is 26.8 Å². The fourth-order valence-corrected chi connectivity index (χ4v) is 2.25. The van der Waals surface area contributed by atoms with Gasteiger partial charge in [-0.15, -0.1) is 0 Å². The lowest BCUT2D eigenvalue weighted by molar-refractivity contribution is -0.644. The molecule has 86 valence electrons. The van der Waals surface area contributed by atoms with Gasteiger partial charge in [0, 0.05) is 23.7 Å². The Labute approximate surface area is 121 Å². The molecule has 0 unspecified atom stereocenters. The van der Waals surface area contributed by atoms with E-state index < -0.39 is 0 Å². The van der Waals surface area contributed by atoms with Gasteiger partial charge in [-0.2, -0.15) is 0 Å². The molecule has 0 aliphatic heterocycles. The summed E-state index contributed by atoms with van der Waals surface area (Å²) < 4.78 is 2.05. The van der Waals surface area contributed by atoms with Gasteiger partial charge in [-0.25, -0.2) is 4.57 Å². The monoisotopic (exact) mass is 356 g/mol. The lowest BCUT2D eigenvalue weighted by Crippen LogP contribution is -3.00. The van der Waals surface area contributed by atoms with E-state index in [1.165, 1.54) is 0 Å². The number of aromatic nitrogens is 2. The summed E-state index contributed by atoms with van der Waals surface area (Å²) in [5.74, 6) is 0. The van der Waals surface area contributed by atoms with Crippen LogP contribution in [0.4, 0.5) is 0 Å². The van der Waals surface area contributed by atoms with Gasteiger partial charge in [0.05, 0.1) is 15.9 Å². The van der Waals surface area contributed by atoms with Crippen LogP contribution in [0.25, 0.3) is 21.8 Å². The molecule has 0 fully saturated rings. The molecule has 0 saturated heterocycles. The number of halogens is 2. The third-order valence-corrected chi connectivity index (χ3v) is 3.13. The number of benzene rings is 1. The zero-order chi connectivity index (χ0) is 11.1. The molecule has 17 heavy (non-hydrogen) atoms. The molecule has 0 aliphatic carbocycles. The zero-order valence-corrected chi connectivity index (χ0v) is 12.1. The van der Waals surface area contributed by atoms with Gasteiger partial charge in [0.1, 0.15) is 7.05 Å². The Hall–Kier alpha value is -0.940. The lowest BCUT2D eigenvalue weighted by Gasteiger charge is -2.02. The summed E-state index contributed by atoms with van der Waals surface area (Å²) in [7, 11) is 2.01. The van der Waals surface area contributed by atoms with Gasteiger partial charge in [0.2, 0.25) is 5.52 Å². The molecule has 0 saturated carbocycles. The molecule has 3 aromatic rings. The Bertz CT molecular complexity index is 697. The van der Waals surface area contributed by atoms with Crippen molar-refractivity contribution in [3.63, 3.8) is 0 Å². The first kappa shape index (κ1) is 12.5. The predicted octanol–water partition coefficient (Wildman–Crippen LogP) is -0.130. The van der Waals surface area contributed by atoms with Crippen LogP contribution in [-0.2, 0) is 7.05 Å². The van der Waals surface area contributed by atoms with Crippen LogP contribution in [-0.4, -0.2) is 4.98 Å². The van der Waals surface area contributed by atoms with Gasteiger partial charge in [-0.3, -0.25) is 4.98 Å². The normalized spacial score (nSPS) is 10.5. The van der Waals surface area contributed by atoms with Gasteiger partial charge in [0.25, 0.3) is 0 Å². The minimum absolute atomic E-state index is 0. The number of rotatable bonds is 0. The minimum Gasteiger partial charge on any atom is -1.00 e. The summed E-state index contributed by atoms with van der Waals surface area (Å²) >= 11 is 6.25. The van der Waals surface area contributed by atoms with Crippen LogP contribution in [0.3, 0.4) is 0 Å². The highest BCUT2D eigenvalue weighted by Gasteiger charge is 2.12. The van der Waals surface area contributed by atoms with Gasteiger partial charge in [-0.1, -0.05) is 17.7 Å². The molecule has 0 amide bonds. The molecule has 1 aromatic carbocycles. The van der Waals surface area contributed by atoms with Crippen LogP contribution >= 0.6 is 11.6 Å². The highest BCUT2D eigenvalue weighted by molar-refractivity contribution is 6.37. The Kier molecular flexibility index (Phi) is 3.49. The van der Waals surface area contributed by atoms with Crippen molar-refractivity contribution in [3.8, 4) is 0 Å². The fraction of sp³-hybridized carbons (Fsp3) is 0.0769. The highest BCUT2D eigenvalue weighted by atomic mass is 127. The lowest BCUT2D eigenvalue weighted by atomic mass is 10.1. The number of pyridine rings is 2. The van der Waals surface area contributed by atoms with E-state index in [4.69, 9.17) is 11.6 Å². The van der Waals surface area contributed by atoms with Crippen molar-refractivity contribution in [2.24, 2.45) is 7.05 Å². The second kappa shape index (κ2) is 4.74. The highest BCUT2D eigenvalue weighted by Crippen LogP contribution is 2.27. The smallest absolute Gasteiger partial charge is 0.216 e. The van der Waals surface area contributed by atoms with E-state index in [1.54, 1.807) is 6.20 Å². The Balaban J connectivity index is 0.00000108. The van der Waals surface area contributed by atoms with Crippen molar-refractivity contribution in [2.75, 3.05) is 0 Å². The van der Waals surface area contributed by atoms with Crippen LogP contribution < -0.4 is 28.5 Å². The number of hydrogen-bond acceptors (Lipinski definition) is 1. The maximum Gasteiger partial charge on any atom is 0.216 e. The SMILES string of the molecule is C[n+]1ccc(Cl)c2c3ncccc3ccc21.[I-]. The summed E-state index contributed by atoms with van der Waals surface area (Å²) in [6, 6.07) is 10.0. The van der Waals surface area contributed by atoms with E-state index in [9.17, 15) is 0 Å². The largest absolute Gasteiger partial charge is 1.00 e. The molecule has 2 aromatic heterocycles. The molecule has 0 N–H and O–H groups in total. The van der Waals surface area contributed by atoms with Crippen LogP contribution in [0.1, 0.15) is 0 Å². The average molecular weight is 357 g/mol. The van der Waals surface area contributed by atoms with Gasteiger partial charge < -0.3 is 24.0 Å². The summed E-state index contributed by atoms with van der Waals surface area (Å²) in [6.45, 7) is 0. The van der Waals surface area contributed by atoms with Crippen LogP contribution in [0.15, 0.2) is 42.7 Å². The Morgan fingerprint density at radius 3 is 2.82 bits per heavy atom. The molecule has 4 heteroatoms. The van der Waals surface area contributed by atoms with Gasteiger partial charge in [-0.05, 0) is 12.1 Å². The first-order valence-corrected chi connectivity index (χ1v) is 5.47. The quantitative estimate of drug-likeness (QED) is 0.312. The maximum absolute atomic E-state index is 6.25. The van der Waals surface area contributed by atoms with Crippen molar-refractivity contribution in [1.29, 1.82) is 0 Å². The number of nitrogens with zero attached hydrogens (tertiary/aromatic N) is 2. The first-order valence-electron chi connectivity index (χ1n) is 5.09. The molecule has 2 heterocycles. The van der Waals surface area contributed by atoms with E-state index in [-0.39, 0.29) is 24.0 Å². The molecule has 0 spiro atoms. The Morgan fingerprint density at radius 1 is 1.18 bits per heavy atom. The zero-order valence-electron chi connectivity index (χ0n) is 9.19. The number of fused-ring (bicyclic) bond motifs is 3. The van der Waals surface area contributed by atoms with Crippen molar-refractivity contribution < 1.29 is 28.5 Å². The molecule has 0 atom stereocenters. The molecular weight excluding hydrogens is 347 g/mol. The van der Waals surface area contributed by atoms with Crippen molar-refractivity contribution in [2.45, 2.75) is 0 Å². The molecule has 3 rings (SSSR count). The number of aryl methyl sites for hydroxylation is 1. The first-order chi connectivity index (χ1) is 7.77. The molecular formula is C13H10ClIN2. The molecule has 0 bridgehead atoms.